The molecule has 6 nitrogen and oxygen atoms in total. The molecule has 0 bridgehead atoms. The highest BCUT2D eigenvalue weighted by Crippen LogP contribution is 2.34. The molecule has 0 aliphatic heterocycles. The molecule has 1 aromatic heterocycles. The molecule has 0 spiro atoms. The summed E-state index contributed by atoms with van der Waals surface area (Å²) in [6.45, 7) is 1.02. The van der Waals surface area contributed by atoms with Gasteiger partial charge in [-0.1, -0.05) is 12.1 Å². The lowest BCUT2D eigenvalue weighted by molar-refractivity contribution is -0.136. The molecule has 0 saturated carbocycles. The highest BCUT2D eigenvalue weighted by atomic mass is 19.4. The second-order valence-corrected chi connectivity index (χ2v) is 5.99. The predicted octanol–water partition coefficient (Wildman–Crippen LogP) is 2.64. The minimum atomic E-state index is -4.60. The van der Waals surface area contributed by atoms with E-state index in [1.807, 2.05) is 19.0 Å². The fourth-order valence-electron chi connectivity index (χ4n) is 2.21. The molecule has 1 heterocycles. The largest absolute Gasteiger partial charge is 0.418 e. The number of nitrogens with one attached hydrogen (secondary N) is 2. The van der Waals surface area contributed by atoms with Gasteiger partial charge in [-0.25, -0.2) is 0 Å². The van der Waals surface area contributed by atoms with Crippen molar-refractivity contribution in [3.63, 3.8) is 0 Å². The van der Waals surface area contributed by atoms with Crippen molar-refractivity contribution in [3.8, 4) is 0 Å². The molecule has 1 aromatic carbocycles. The number of rotatable bonds is 6. The first-order valence-electron chi connectivity index (χ1n) is 8.05. The van der Waals surface area contributed by atoms with E-state index in [1.54, 1.807) is 0 Å². The minimum Gasteiger partial charge on any atom is -0.349 e. The summed E-state index contributed by atoms with van der Waals surface area (Å²) in [5.74, 6) is -1.24. The number of nitrogens with zero attached hydrogens (tertiary/aromatic N) is 2. The third kappa shape index (κ3) is 5.78. The smallest absolute Gasteiger partial charge is 0.349 e. The van der Waals surface area contributed by atoms with Crippen molar-refractivity contribution in [1.82, 2.24) is 15.2 Å². The molecule has 0 fully saturated rings. The van der Waals surface area contributed by atoms with Gasteiger partial charge < -0.3 is 15.5 Å². The number of aromatic nitrogens is 1. The monoisotopic (exact) mass is 380 g/mol. The molecule has 0 aliphatic carbocycles. The summed E-state index contributed by atoms with van der Waals surface area (Å²) in [6.07, 6.45) is -3.34. The van der Waals surface area contributed by atoms with Crippen LogP contribution in [0.15, 0.2) is 42.6 Å². The maximum Gasteiger partial charge on any atom is 0.418 e. The average molecular weight is 380 g/mol. The van der Waals surface area contributed by atoms with Crippen LogP contribution < -0.4 is 10.6 Å². The SMILES string of the molecule is CN(C)CCNC(=O)c1cc(C(=O)Nc2ccccc2C(F)(F)F)ccn1. The topological polar surface area (TPSA) is 74.3 Å². The molecule has 0 saturated heterocycles. The van der Waals surface area contributed by atoms with Gasteiger partial charge in [0.25, 0.3) is 11.8 Å². The molecule has 2 rings (SSSR count). The van der Waals surface area contributed by atoms with E-state index >= 15 is 0 Å². The zero-order chi connectivity index (χ0) is 20.0. The van der Waals surface area contributed by atoms with Crippen LogP contribution in [0.2, 0.25) is 0 Å². The molecule has 0 unspecified atom stereocenters. The Kier molecular flexibility index (Phi) is 6.51. The van der Waals surface area contributed by atoms with E-state index in [-0.39, 0.29) is 16.9 Å². The van der Waals surface area contributed by atoms with Crippen LogP contribution in [0.25, 0.3) is 0 Å². The zero-order valence-corrected chi connectivity index (χ0v) is 14.8. The summed E-state index contributed by atoms with van der Waals surface area (Å²) in [7, 11) is 3.71. The van der Waals surface area contributed by atoms with Crippen LogP contribution in [-0.4, -0.2) is 48.9 Å². The second-order valence-electron chi connectivity index (χ2n) is 5.99. The van der Waals surface area contributed by atoms with Gasteiger partial charge in [-0.15, -0.1) is 0 Å². The number of carbonyl (C=O) groups excluding carboxylic acids is 2. The van der Waals surface area contributed by atoms with Crippen LogP contribution in [0.3, 0.4) is 0 Å². The molecule has 2 aromatic rings. The normalized spacial score (nSPS) is 11.3. The zero-order valence-electron chi connectivity index (χ0n) is 14.8. The van der Waals surface area contributed by atoms with E-state index in [2.05, 4.69) is 15.6 Å². The molecule has 0 atom stereocenters. The number of benzene rings is 1. The van der Waals surface area contributed by atoms with Crippen molar-refractivity contribution in [2.75, 3.05) is 32.5 Å². The standard InChI is InChI=1S/C18H19F3N4O2/c1-25(2)10-9-23-17(27)15-11-12(7-8-22-15)16(26)24-14-6-4-3-5-13(14)18(19,20)21/h3-8,11H,9-10H2,1-2H3,(H,23,27)(H,24,26). The highest BCUT2D eigenvalue weighted by molar-refractivity contribution is 6.06. The van der Waals surface area contributed by atoms with Gasteiger partial charge >= 0.3 is 6.18 Å². The van der Waals surface area contributed by atoms with Gasteiger partial charge in [-0.05, 0) is 38.4 Å². The first-order valence-corrected chi connectivity index (χ1v) is 8.05. The summed E-state index contributed by atoms with van der Waals surface area (Å²) in [5.41, 5.74) is -1.27. The molecule has 144 valence electrons. The summed E-state index contributed by atoms with van der Waals surface area (Å²) in [4.78, 5) is 30.2. The average Bonchev–Trinajstić information content (AvgIpc) is 2.61. The van der Waals surface area contributed by atoms with Crippen molar-refractivity contribution < 1.29 is 22.8 Å². The Morgan fingerprint density at radius 3 is 2.48 bits per heavy atom. The van der Waals surface area contributed by atoms with Crippen LogP contribution in [0, 0.1) is 0 Å². The van der Waals surface area contributed by atoms with Crippen LogP contribution in [0.5, 0.6) is 0 Å². The maximum atomic E-state index is 13.0. The third-order valence-electron chi connectivity index (χ3n) is 3.58. The first-order chi connectivity index (χ1) is 12.7. The van der Waals surface area contributed by atoms with Crippen LogP contribution in [0.1, 0.15) is 26.4 Å². The van der Waals surface area contributed by atoms with Crippen molar-refractivity contribution >= 4 is 17.5 Å². The number of anilines is 1. The number of hydrogen-bond donors (Lipinski definition) is 2. The highest BCUT2D eigenvalue weighted by Gasteiger charge is 2.33. The number of pyridine rings is 1. The van der Waals surface area contributed by atoms with Crippen LogP contribution in [0.4, 0.5) is 18.9 Å². The van der Waals surface area contributed by atoms with Crippen molar-refractivity contribution in [1.29, 1.82) is 0 Å². The second kappa shape index (κ2) is 8.63. The Morgan fingerprint density at radius 2 is 1.81 bits per heavy atom. The van der Waals surface area contributed by atoms with Crippen molar-refractivity contribution in [2.45, 2.75) is 6.18 Å². The lowest BCUT2D eigenvalue weighted by atomic mass is 10.1. The fraction of sp³-hybridized carbons (Fsp3) is 0.278. The van der Waals surface area contributed by atoms with Gasteiger partial charge in [0.15, 0.2) is 0 Å². The lowest BCUT2D eigenvalue weighted by Gasteiger charge is -2.14. The van der Waals surface area contributed by atoms with E-state index in [0.717, 1.165) is 12.1 Å². The maximum absolute atomic E-state index is 13.0. The Balaban J connectivity index is 2.13. The van der Waals surface area contributed by atoms with Gasteiger partial charge in [0, 0.05) is 24.8 Å². The molecular weight excluding hydrogens is 361 g/mol. The van der Waals surface area contributed by atoms with Gasteiger partial charge in [-0.3, -0.25) is 14.6 Å². The minimum absolute atomic E-state index is 0.00510. The number of likely N-dealkylation sites (N-methyl/N-ethyl adjacent to an activating group) is 1. The van der Waals surface area contributed by atoms with Crippen LogP contribution in [-0.2, 0) is 6.18 Å². The predicted molar refractivity (Wildman–Crippen MR) is 94.5 cm³/mol. The summed E-state index contributed by atoms with van der Waals surface area (Å²) < 4.78 is 39.1. The number of hydrogen-bond acceptors (Lipinski definition) is 4. The van der Waals surface area contributed by atoms with Gasteiger partial charge in [-0.2, -0.15) is 13.2 Å². The van der Waals surface area contributed by atoms with E-state index in [0.29, 0.717) is 13.1 Å². The number of carbonyl (C=O) groups is 2. The Bertz CT molecular complexity index is 822. The molecule has 0 radical (unpaired) electrons. The quantitative estimate of drug-likeness (QED) is 0.808. The Morgan fingerprint density at radius 1 is 1.11 bits per heavy atom. The summed E-state index contributed by atoms with van der Waals surface area (Å²) in [5, 5.41) is 4.88. The molecule has 0 aliphatic rings. The van der Waals surface area contributed by atoms with E-state index in [1.165, 1.54) is 30.5 Å². The molecule has 9 heteroatoms. The van der Waals surface area contributed by atoms with E-state index in [4.69, 9.17) is 0 Å². The van der Waals surface area contributed by atoms with E-state index in [9.17, 15) is 22.8 Å². The molecule has 2 N–H and O–H groups in total. The Hall–Kier alpha value is -2.94. The van der Waals surface area contributed by atoms with Gasteiger partial charge in [0.2, 0.25) is 0 Å². The van der Waals surface area contributed by atoms with E-state index < -0.39 is 23.6 Å². The van der Waals surface area contributed by atoms with Crippen molar-refractivity contribution in [2.24, 2.45) is 0 Å². The summed E-state index contributed by atoms with van der Waals surface area (Å²) in [6, 6.07) is 7.23. The number of para-hydroxylation sites is 1. The van der Waals surface area contributed by atoms with Crippen molar-refractivity contribution in [3.05, 3.63) is 59.4 Å². The molecule has 2 amide bonds. The fourth-order valence-corrected chi connectivity index (χ4v) is 2.21. The number of alkyl halides is 3. The Labute approximate surface area is 154 Å². The van der Waals surface area contributed by atoms with Gasteiger partial charge in [0.1, 0.15) is 5.69 Å². The van der Waals surface area contributed by atoms with Gasteiger partial charge in [0.05, 0.1) is 11.3 Å². The van der Waals surface area contributed by atoms with Crippen LogP contribution >= 0.6 is 0 Å². The number of halogens is 3. The molecular formula is C18H19F3N4O2. The number of amides is 2. The lowest BCUT2D eigenvalue weighted by Crippen LogP contribution is -2.32. The first kappa shape index (κ1) is 20.4. The molecule has 27 heavy (non-hydrogen) atoms. The summed E-state index contributed by atoms with van der Waals surface area (Å²) >= 11 is 0. The third-order valence-corrected chi connectivity index (χ3v) is 3.58.